The van der Waals surface area contributed by atoms with Crippen molar-refractivity contribution in [3.8, 4) is 11.3 Å². The summed E-state index contributed by atoms with van der Waals surface area (Å²) in [4.78, 5) is 20.7. The number of fused-ring (bicyclic) bond motifs is 1. The molecule has 8 heteroatoms. The van der Waals surface area contributed by atoms with Crippen LogP contribution < -0.4 is 16.4 Å². The van der Waals surface area contributed by atoms with E-state index < -0.39 is 0 Å². The Morgan fingerprint density at radius 3 is 2.89 bits per heavy atom. The standard InChI is InChI=1S/C20H19N7O/c1-12-7-14(5-6-22-12)19-16-11-23-18(9-17(16)26-27-19)25-20(28)24-10-13-3-2-4-15(21)8-13/h2-9,11H,10,21H2,1H3,(H,26,27)(H2,23,24,25,28). The summed E-state index contributed by atoms with van der Waals surface area (Å²) in [5.74, 6) is 0.429. The van der Waals surface area contributed by atoms with Gasteiger partial charge in [0.05, 0.1) is 5.52 Å². The number of nitrogens with one attached hydrogen (secondary N) is 3. The van der Waals surface area contributed by atoms with Gasteiger partial charge in [0.1, 0.15) is 11.5 Å². The molecule has 8 nitrogen and oxygen atoms in total. The van der Waals surface area contributed by atoms with Crippen LogP contribution in [0.4, 0.5) is 16.3 Å². The van der Waals surface area contributed by atoms with Gasteiger partial charge in [-0.25, -0.2) is 9.78 Å². The number of pyridine rings is 2. The third-order valence-electron chi connectivity index (χ3n) is 4.26. The maximum absolute atomic E-state index is 12.1. The first-order valence-electron chi connectivity index (χ1n) is 8.75. The predicted molar refractivity (Wildman–Crippen MR) is 109 cm³/mol. The molecule has 3 heterocycles. The SMILES string of the molecule is Cc1cc(-c2n[nH]c3cc(NC(=O)NCc4cccc(N)c4)ncc23)ccn1. The fraction of sp³-hybridized carbons (Fsp3) is 0.100. The molecule has 0 radical (unpaired) electrons. The van der Waals surface area contributed by atoms with Crippen LogP contribution in [0.5, 0.6) is 0 Å². The van der Waals surface area contributed by atoms with Crippen LogP contribution in [0.1, 0.15) is 11.3 Å². The molecule has 3 aromatic heterocycles. The topological polar surface area (TPSA) is 122 Å². The molecule has 0 fully saturated rings. The molecule has 4 aromatic rings. The van der Waals surface area contributed by atoms with Gasteiger partial charge in [0, 0.05) is 47.3 Å². The normalized spacial score (nSPS) is 10.8. The third-order valence-corrected chi connectivity index (χ3v) is 4.26. The smallest absolute Gasteiger partial charge is 0.320 e. The molecule has 0 aliphatic carbocycles. The number of aromatic nitrogens is 4. The second-order valence-corrected chi connectivity index (χ2v) is 6.43. The highest BCUT2D eigenvalue weighted by atomic mass is 16.2. The summed E-state index contributed by atoms with van der Waals surface area (Å²) < 4.78 is 0. The lowest BCUT2D eigenvalue weighted by atomic mass is 10.1. The summed E-state index contributed by atoms with van der Waals surface area (Å²) in [6.07, 6.45) is 3.44. The van der Waals surface area contributed by atoms with Crippen molar-refractivity contribution in [2.75, 3.05) is 11.1 Å². The molecular formula is C20H19N7O. The summed E-state index contributed by atoms with van der Waals surface area (Å²) in [7, 11) is 0. The zero-order valence-corrected chi connectivity index (χ0v) is 15.2. The number of urea groups is 1. The fourth-order valence-corrected chi connectivity index (χ4v) is 2.94. The monoisotopic (exact) mass is 373 g/mol. The molecule has 0 saturated heterocycles. The molecule has 0 spiro atoms. The van der Waals surface area contributed by atoms with Gasteiger partial charge in [-0.15, -0.1) is 0 Å². The van der Waals surface area contributed by atoms with Crippen LogP contribution in [-0.2, 0) is 6.54 Å². The molecule has 5 N–H and O–H groups in total. The van der Waals surface area contributed by atoms with Crippen molar-refractivity contribution in [3.63, 3.8) is 0 Å². The zero-order valence-electron chi connectivity index (χ0n) is 15.2. The number of hydrogen-bond acceptors (Lipinski definition) is 5. The maximum atomic E-state index is 12.1. The number of aromatic amines is 1. The molecule has 0 aliphatic heterocycles. The van der Waals surface area contributed by atoms with Gasteiger partial charge < -0.3 is 11.1 Å². The van der Waals surface area contributed by atoms with E-state index in [-0.39, 0.29) is 6.03 Å². The number of amides is 2. The van der Waals surface area contributed by atoms with Gasteiger partial charge >= 0.3 is 6.03 Å². The number of nitrogens with two attached hydrogens (primary N) is 1. The molecule has 0 bridgehead atoms. The number of carbonyl (C=O) groups is 1. The van der Waals surface area contributed by atoms with Gasteiger partial charge in [0.15, 0.2) is 0 Å². The molecular weight excluding hydrogens is 354 g/mol. The fourth-order valence-electron chi connectivity index (χ4n) is 2.94. The minimum atomic E-state index is -0.348. The Morgan fingerprint density at radius 2 is 2.07 bits per heavy atom. The second kappa shape index (κ2) is 7.36. The van der Waals surface area contributed by atoms with Gasteiger partial charge in [0.2, 0.25) is 0 Å². The lowest BCUT2D eigenvalue weighted by molar-refractivity contribution is 0.251. The number of hydrogen-bond donors (Lipinski definition) is 4. The first-order chi connectivity index (χ1) is 13.6. The maximum Gasteiger partial charge on any atom is 0.320 e. The summed E-state index contributed by atoms with van der Waals surface area (Å²) in [5.41, 5.74) is 10.8. The van der Waals surface area contributed by atoms with E-state index in [1.165, 1.54) is 0 Å². The van der Waals surface area contributed by atoms with Crippen LogP contribution in [0.25, 0.3) is 22.2 Å². The molecule has 0 atom stereocenters. The average Bonchev–Trinajstić information content (AvgIpc) is 3.10. The van der Waals surface area contributed by atoms with Crippen molar-refractivity contribution in [2.24, 2.45) is 0 Å². The summed E-state index contributed by atoms with van der Waals surface area (Å²) in [5, 5.41) is 13.7. The van der Waals surface area contributed by atoms with Gasteiger partial charge in [-0.2, -0.15) is 5.10 Å². The van der Waals surface area contributed by atoms with Crippen LogP contribution in [0.15, 0.2) is 54.9 Å². The van der Waals surface area contributed by atoms with Crippen molar-refractivity contribution in [3.05, 3.63) is 66.1 Å². The molecule has 0 aliphatic rings. The quantitative estimate of drug-likeness (QED) is 0.409. The Bertz CT molecular complexity index is 1150. The van der Waals surface area contributed by atoms with Crippen molar-refractivity contribution in [1.82, 2.24) is 25.5 Å². The summed E-state index contributed by atoms with van der Waals surface area (Å²) >= 11 is 0. The number of carbonyl (C=O) groups excluding carboxylic acids is 1. The van der Waals surface area contributed by atoms with Crippen molar-refractivity contribution in [1.29, 1.82) is 0 Å². The van der Waals surface area contributed by atoms with E-state index in [4.69, 9.17) is 5.73 Å². The highest BCUT2D eigenvalue weighted by Crippen LogP contribution is 2.26. The second-order valence-electron chi connectivity index (χ2n) is 6.43. The number of benzene rings is 1. The van der Waals surface area contributed by atoms with Crippen LogP contribution >= 0.6 is 0 Å². The van der Waals surface area contributed by atoms with Crippen LogP contribution in [0.2, 0.25) is 0 Å². The van der Waals surface area contributed by atoms with E-state index in [0.717, 1.165) is 33.4 Å². The van der Waals surface area contributed by atoms with Crippen LogP contribution in [-0.4, -0.2) is 26.2 Å². The largest absolute Gasteiger partial charge is 0.399 e. The third kappa shape index (κ3) is 3.75. The van der Waals surface area contributed by atoms with Crippen LogP contribution in [0.3, 0.4) is 0 Å². The van der Waals surface area contributed by atoms with Gasteiger partial charge in [0.25, 0.3) is 0 Å². The number of nitrogen functional groups attached to an aromatic ring is 1. The minimum Gasteiger partial charge on any atom is -0.399 e. The molecule has 0 unspecified atom stereocenters. The Labute approximate surface area is 161 Å². The Morgan fingerprint density at radius 1 is 1.18 bits per heavy atom. The summed E-state index contributed by atoms with van der Waals surface area (Å²) in [6.45, 7) is 2.30. The lowest BCUT2D eigenvalue weighted by Crippen LogP contribution is -2.28. The van der Waals surface area contributed by atoms with E-state index >= 15 is 0 Å². The van der Waals surface area contributed by atoms with Crippen molar-refractivity contribution >= 4 is 28.4 Å². The number of nitrogens with zero attached hydrogens (tertiary/aromatic N) is 3. The predicted octanol–water partition coefficient (Wildman–Crippen LogP) is 3.23. The van der Waals surface area contributed by atoms with E-state index in [1.807, 2.05) is 37.3 Å². The van der Waals surface area contributed by atoms with Gasteiger partial charge in [-0.05, 0) is 36.8 Å². The number of anilines is 2. The highest BCUT2D eigenvalue weighted by molar-refractivity contribution is 5.95. The molecule has 140 valence electrons. The Kier molecular flexibility index (Phi) is 4.59. The number of aryl methyl sites for hydroxylation is 1. The van der Waals surface area contributed by atoms with Gasteiger partial charge in [-0.3, -0.25) is 15.4 Å². The first kappa shape index (κ1) is 17.5. The summed E-state index contributed by atoms with van der Waals surface area (Å²) in [6, 6.07) is 12.6. The van der Waals surface area contributed by atoms with Crippen molar-refractivity contribution < 1.29 is 4.79 Å². The molecule has 2 amide bonds. The number of rotatable bonds is 4. The lowest BCUT2D eigenvalue weighted by Gasteiger charge is -2.08. The van der Waals surface area contributed by atoms with E-state index in [0.29, 0.717) is 18.1 Å². The molecule has 0 saturated carbocycles. The first-order valence-corrected chi connectivity index (χ1v) is 8.75. The molecule has 1 aromatic carbocycles. The van der Waals surface area contributed by atoms with E-state index in [2.05, 4.69) is 30.8 Å². The van der Waals surface area contributed by atoms with E-state index in [1.54, 1.807) is 24.5 Å². The Hall–Kier alpha value is -3.94. The van der Waals surface area contributed by atoms with Crippen molar-refractivity contribution in [2.45, 2.75) is 13.5 Å². The van der Waals surface area contributed by atoms with Gasteiger partial charge in [-0.1, -0.05) is 12.1 Å². The minimum absolute atomic E-state index is 0.348. The van der Waals surface area contributed by atoms with E-state index in [9.17, 15) is 4.79 Å². The number of H-pyrrole nitrogens is 1. The molecule has 28 heavy (non-hydrogen) atoms. The Balaban J connectivity index is 1.47. The average molecular weight is 373 g/mol. The zero-order chi connectivity index (χ0) is 19.5. The molecule has 4 rings (SSSR count). The van der Waals surface area contributed by atoms with Crippen LogP contribution in [0, 0.1) is 6.92 Å². The highest BCUT2D eigenvalue weighted by Gasteiger charge is 2.11.